The smallest absolute Gasteiger partial charge is 0.163 e. The summed E-state index contributed by atoms with van der Waals surface area (Å²) in [4.78, 5) is 9.20. The van der Waals surface area contributed by atoms with Crippen molar-refractivity contribution in [3.8, 4) is 17.7 Å². The van der Waals surface area contributed by atoms with Gasteiger partial charge in [-0.2, -0.15) is 15.5 Å². The minimum Gasteiger partial charge on any atom is -0.389 e. The van der Waals surface area contributed by atoms with Gasteiger partial charge in [-0.15, -0.1) is 5.10 Å². The van der Waals surface area contributed by atoms with Crippen LogP contribution in [-0.4, -0.2) is 39.6 Å². The third-order valence-corrected chi connectivity index (χ3v) is 5.66. The molecular weight excluding hydrogens is 461 g/mol. The molecule has 0 aliphatic rings. The highest BCUT2D eigenvalue weighted by atomic mass is 19.1. The zero-order chi connectivity index (χ0) is 25.4. The molecule has 36 heavy (non-hydrogen) atoms. The molecule has 11 heteroatoms. The fourth-order valence-corrected chi connectivity index (χ4v) is 3.80. The molecule has 0 saturated carbocycles. The lowest BCUT2D eigenvalue weighted by atomic mass is 10.1. The number of nitriles is 1. The van der Waals surface area contributed by atoms with Gasteiger partial charge in [0.25, 0.3) is 0 Å². The monoisotopic (exact) mass is 483 g/mol. The molecule has 0 fully saturated rings. The Morgan fingerprint density at radius 3 is 2.61 bits per heavy atom. The normalized spacial score (nSPS) is 12.9. The zero-order valence-electron chi connectivity index (χ0n) is 19.8. The number of halogens is 1. The first kappa shape index (κ1) is 23.1. The molecule has 2 unspecified atom stereocenters. The molecule has 0 amide bonds. The number of aromatic nitrogens is 7. The third-order valence-electron chi connectivity index (χ3n) is 5.66. The van der Waals surface area contributed by atoms with E-state index in [-0.39, 0.29) is 17.2 Å². The van der Waals surface area contributed by atoms with Crippen LogP contribution in [0, 0.1) is 18.3 Å². The van der Waals surface area contributed by atoms with Crippen molar-refractivity contribution in [1.29, 1.82) is 5.26 Å². The molecule has 5 rings (SSSR count). The first-order valence-corrected chi connectivity index (χ1v) is 11.2. The first-order valence-electron chi connectivity index (χ1n) is 11.2. The largest absolute Gasteiger partial charge is 0.389 e. The number of aryl methyl sites for hydroxylation is 1. The van der Waals surface area contributed by atoms with E-state index in [0.29, 0.717) is 22.7 Å². The number of anilines is 2. The van der Waals surface area contributed by atoms with Crippen molar-refractivity contribution in [2.45, 2.75) is 33.0 Å². The molecule has 0 radical (unpaired) electrons. The molecule has 180 valence electrons. The minimum absolute atomic E-state index is 0.113. The van der Waals surface area contributed by atoms with E-state index in [4.69, 9.17) is 4.98 Å². The number of aliphatic hydroxyl groups is 1. The lowest BCUT2D eigenvalue weighted by molar-refractivity contribution is 0.198. The predicted octanol–water partition coefficient (Wildman–Crippen LogP) is 4.40. The number of nitrogens with zero attached hydrogens (tertiary/aromatic N) is 8. The molecule has 2 atom stereocenters. The number of benzene rings is 1. The summed E-state index contributed by atoms with van der Waals surface area (Å²) < 4.78 is 17.0. The van der Waals surface area contributed by atoms with Crippen LogP contribution in [0.3, 0.4) is 0 Å². The second kappa shape index (κ2) is 9.16. The van der Waals surface area contributed by atoms with Gasteiger partial charge >= 0.3 is 0 Å². The molecule has 10 nitrogen and oxygen atoms in total. The molecule has 0 bridgehead atoms. The Balaban J connectivity index is 1.56. The summed E-state index contributed by atoms with van der Waals surface area (Å²) in [6, 6.07) is 16.3. The van der Waals surface area contributed by atoms with Crippen LogP contribution in [0.4, 0.5) is 15.9 Å². The first-order chi connectivity index (χ1) is 17.3. The Labute approximate surface area is 205 Å². The van der Waals surface area contributed by atoms with Gasteiger partial charge in [-0.1, -0.05) is 0 Å². The summed E-state index contributed by atoms with van der Waals surface area (Å²) in [6.07, 6.45) is -0.609. The number of nitrogens with one attached hydrogen (secondary N) is 1. The number of fused-ring (bicyclic) bond motifs is 1. The SMILES string of the molecule is Cc1ccc(Nc2ccc3c(c2)ncn3-c2ccc(C(C)O)c(-n3nc(C(C)F)cc3C#N)n2)nn1. The fraction of sp³-hybridized carbons (Fsp3) is 0.200. The number of hydrogen-bond acceptors (Lipinski definition) is 8. The number of rotatable bonds is 6. The highest BCUT2D eigenvalue weighted by molar-refractivity contribution is 5.82. The van der Waals surface area contributed by atoms with E-state index in [9.17, 15) is 14.8 Å². The van der Waals surface area contributed by atoms with Crippen LogP contribution in [0.25, 0.3) is 22.7 Å². The standard InChI is InChI=1S/C25H22FN9O/c1-14-4-8-23(32-31-14)29-17-5-7-22-21(10-17)28-13-34(22)24-9-6-19(16(3)36)25(30-24)35-18(12-27)11-20(33-35)15(2)26/h4-11,13,15-16,36H,1-3H3,(H,29,32). The second-order valence-electron chi connectivity index (χ2n) is 8.36. The van der Waals surface area contributed by atoms with Crippen LogP contribution in [-0.2, 0) is 0 Å². The van der Waals surface area contributed by atoms with E-state index in [2.05, 4.69) is 25.6 Å². The zero-order valence-corrected chi connectivity index (χ0v) is 19.8. The summed E-state index contributed by atoms with van der Waals surface area (Å²) in [6.45, 7) is 4.81. The molecular formula is C25H22FN9O. The molecule has 4 aromatic heterocycles. The van der Waals surface area contributed by atoms with Crippen molar-refractivity contribution in [1.82, 2.24) is 34.5 Å². The molecule has 1 aromatic carbocycles. The summed E-state index contributed by atoms with van der Waals surface area (Å²) in [5, 5.41) is 35.5. The number of pyridine rings is 1. The van der Waals surface area contributed by atoms with Crippen molar-refractivity contribution >= 4 is 22.5 Å². The second-order valence-corrected chi connectivity index (χ2v) is 8.36. The average Bonchev–Trinajstić information content (AvgIpc) is 3.49. The Kier molecular flexibility index (Phi) is 5.87. The van der Waals surface area contributed by atoms with Crippen molar-refractivity contribution in [2.75, 3.05) is 5.32 Å². The van der Waals surface area contributed by atoms with E-state index in [1.54, 1.807) is 30.0 Å². The number of alkyl halides is 1. The Morgan fingerprint density at radius 2 is 1.92 bits per heavy atom. The van der Waals surface area contributed by atoms with Crippen molar-refractivity contribution in [2.24, 2.45) is 0 Å². The van der Waals surface area contributed by atoms with Crippen LogP contribution in [0.5, 0.6) is 0 Å². The van der Waals surface area contributed by atoms with Crippen molar-refractivity contribution in [3.63, 3.8) is 0 Å². The topological polar surface area (TPSA) is 130 Å². The quantitative estimate of drug-likeness (QED) is 0.363. The van der Waals surface area contributed by atoms with Crippen LogP contribution < -0.4 is 5.32 Å². The van der Waals surface area contributed by atoms with Gasteiger partial charge < -0.3 is 10.4 Å². The van der Waals surface area contributed by atoms with Gasteiger partial charge in [0.05, 0.1) is 28.5 Å². The van der Waals surface area contributed by atoms with Crippen molar-refractivity contribution in [3.05, 3.63) is 77.5 Å². The Bertz CT molecular complexity index is 1600. The summed E-state index contributed by atoms with van der Waals surface area (Å²) >= 11 is 0. The average molecular weight is 484 g/mol. The fourth-order valence-electron chi connectivity index (χ4n) is 3.80. The van der Waals surface area contributed by atoms with E-state index >= 15 is 0 Å². The van der Waals surface area contributed by atoms with Gasteiger partial charge in [-0.25, -0.2) is 19.0 Å². The predicted molar refractivity (Wildman–Crippen MR) is 131 cm³/mol. The van der Waals surface area contributed by atoms with Gasteiger partial charge in [0.1, 0.15) is 30.1 Å². The Morgan fingerprint density at radius 1 is 1.08 bits per heavy atom. The van der Waals surface area contributed by atoms with E-state index in [1.807, 2.05) is 43.3 Å². The van der Waals surface area contributed by atoms with Gasteiger partial charge in [-0.3, -0.25) is 4.57 Å². The third kappa shape index (κ3) is 4.25. The van der Waals surface area contributed by atoms with Gasteiger partial charge in [0.15, 0.2) is 11.6 Å². The van der Waals surface area contributed by atoms with Crippen molar-refractivity contribution < 1.29 is 9.50 Å². The number of hydrogen-bond donors (Lipinski definition) is 2. The highest BCUT2D eigenvalue weighted by Crippen LogP contribution is 2.27. The molecule has 4 heterocycles. The molecule has 0 aliphatic carbocycles. The van der Waals surface area contributed by atoms with E-state index < -0.39 is 12.3 Å². The van der Waals surface area contributed by atoms with Crippen LogP contribution in [0.1, 0.15) is 48.8 Å². The molecule has 0 saturated heterocycles. The lowest BCUT2D eigenvalue weighted by Crippen LogP contribution is -2.11. The molecule has 0 aliphatic heterocycles. The maximum Gasteiger partial charge on any atom is 0.163 e. The van der Waals surface area contributed by atoms with Gasteiger partial charge in [0, 0.05) is 17.3 Å². The Hall–Kier alpha value is -4.69. The van der Waals surface area contributed by atoms with E-state index in [1.165, 1.54) is 17.7 Å². The highest BCUT2D eigenvalue weighted by Gasteiger charge is 2.20. The summed E-state index contributed by atoms with van der Waals surface area (Å²) in [7, 11) is 0. The van der Waals surface area contributed by atoms with Crippen LogP contribution in [0.15, 0.2) is 54.9 Å². The minimum atomic E-state index is -1.36. The lowest BCUT2D eigenvalue weighted by Gasteiger charge is -2.14. The number of imidazole rings is 1. The molecule has 2 N–H and O–H groups in total. The molecule has 5 aromatic rings. The summed E-state index contributed by atoms with van der Waals surface area (Å²) in [5.74, 6) is 1.36. The number of aliphatic hydroxyl groups excluding tert-OH is 1. The van der Waals surface area contributed by atoms with Crippen LogP contribution in [0.2, 0.25) is 0 Å². The summed E-state index contributed by atoms with van der Waals surface area (Å²) in [5.41, 5.74) is 3.81. The van der Waals surface area contributed by atoms with Gasteiger partial charge in [-0.05, 0) is 63.2 Å². The molecule has 0 spiro atoms. The maximum absolute atomic E-state index is 13.9. The van der Waals surface area contributed by atoms with E-state index in [0.717, 1.165) is 16.9 Å². The van der Waals surface area contributed by atoms with Crippen LogP contribution >= 0.6 is 0 Å². The maximum atomic E-state index is 13.9. The van der Waals surface area contributed by atoms with Gasteiger partial charge in [0.2, 0.25) is 0 Å².